The molecule has 0 fully saturated rings. The molecule has 6 heteroatoms. The number of amides is 1. The first-order valence-electron chi connectivity index (χ1n) is 5.82. The number of nitrogens with zero attached hydrogens (tertiary/aromatic N) is 2. The first kappa shape index (κ1) is 14.1. The highest BCUT2D eigenvalue weighted by molar-refractivity contribution is 5.89. The lowest BCUT2D eigenvalue weighted by Gasteiger charge is -2.15. The number of anilines is 1. The molecule has 2 aromatic rings. The van der Waals surface area contributed by atoms with E-state index in [-0.39, 0.29) is 11.3 Å². The van der Waals surface area contributed by atoms with Gasteiger partial charge in [0.15, 0.2) is 0 Å². The van der Waals surface area contributed by atoms with Crippen LogP contribution in [0.1, 0.15) is 12.6 Å². The van der Waals surface area contributed by atoms with Crippen LogP contribution in [0.15, 0.2) is 30.5 Å². The van der Waals surface area contributed by atoms with E-state index >= 15 is 0 Å². The molecule has 0 atom stereocenters. The van der Waals surface area contributed by atoms with E-state index in [1.807, 2.05) is 0 Å². The van der Waals surface area contributed by atoms with Gasteiger partial charge in [-0.3, -0.25) is 15.0 Å². The maximum absolute atomic E-state index is 13.8. The number of carbonyl (C=O) groups is 1. The van der Waals surface area contributed by atoms with Gasteiger partial charge in [0.2, 0.25) is 5.91 Å². The SMILES string of the molecule is CC(=O)N(O)c1cnc(C)c(-c2ccc(F)cc2F)c1. The van der Waals surface area contributed by atoms with Crippen LogP contribution in [0.25, 0.3) is 11.1 Å². The summed E-state index contributed by atoms with van der Waals surface area (Å²) in [6, 6.07) is 4.60. The van der Waals surface area contributed by atoms with Crippen LogP contribution in [0.3, 0.4) is 0 Å². The molecule has 1 N–H and O–H groups in total. The molecule has 0 saturated carbocycles. The average molecular weight is 278 g/mol. The number of hydrogen-bond donors (Lipinski definition) is 1. The zero-order valence-corrected chi connectivity index (χ0v) is 10.9. The minimum absolute atomic E-state index is 0.113. The van der Waals surface area contributed by atoms with Gasteiger partial charge in [0, 0.05) is 29.8 Å². The van der Waals surface area contributed by atoms with Crippen LogP contribution in [-0.4, -0.2) is 16.1 Å². The van der Waals surface area contributed by atoms with E-state index < -0.39 is 17.5 Å². The highest BCUT2D eigenvalue weighted by atomic mass is 19.1. The van der Waals surface area contributed by atoms with Crippen LogP contribution < -0.4 is 5.06 Å². The first-order chi connectivity index (χ1) is 9.40. The minimum Gasteiger partial charge on any atom is -0.281 e. The Labute approximate surface area is 114 Å². The van der Waals surface area contributed by atoms with E-state index in [0.717, 1.165) is 12.1 Å². The first-order valence-corrected chi connectivity index (χ1v) is 5.82. The number of rotatable bonds is 2. The molecule has 0 saturated heterocycles. The Kier molecular flexibility index (Phi) is 3.76. The molecule has 1 heterocycles. The summed E-state index contributed by atoms with van der Waals surface area (Å²) in [7, 11) is 0. The molecule has 1 aromatic carbocycles. The molecular weight excluding hydrogens is 266 g/mol. The molecule has 0 aliphatic carbocycles. The van der Waals surface area contributed by atoms with Gasteiger partial charge >= 0.3 is 0 Å². The molecule has 0 aliphatic heterocycles. The zero-order chi connectivity index (χ0) is 14.9. The maximum atomic E-state index is 13.8. The molecule has 1 amide bonds. The van der Waals surface area contributed by atoms with Gasteiger partial charge in [-0.15, -0.1) is 0 Å². The summed E-state index contributed by atoms with van der Waals surface area (Å²) in [5.41, 5.74) is 1.13. The number of carbonyl (C=O) groups excluding carboxylic acids is 1. The molecule has 104 valence electrons. The van der Waals surface area contributed by atoms with Crippen molar-refractivity contribution < 1.29 is 18.8 Å². The van der Waals surface area contributed by atoms with Gasteiger partial charge in [0.25, 0.3) is 0 Å². The van der Waals surface area contributed by atoms with Gasteiger partial charge in [0.1, 0.15) is 11.6 Å². The second-order valence-electron chi connectivity index (χ2n) is 4.28. The number of hydroxylamine groups is 1. The van der Waals surface area contributed by atoms with Crippen LogP contribution >= 0.6 is 0 Å². The molecular formula is C14H12F2N2O2. The Bertz CT molecular complexity index is 674. The van der Waals surface area contributed by atoms with Crippen molar-refractivity contribution in [3.63, 3.8) is 0 Å². The van der Waals surface area contributed by atoms with Gasteiger partial charge in [-0.2, -0.15) is 5.06 Å². The van der Waals surface area contributed by atoms with E-state index in [9.17, 15) is 18.8 Å². The third-order valence-electron chi connectivity index (χ3n) is 2.84. The number of aryl methyl sites for hydroxylation is 1. The number of hydrogen-bond acceptors (Lipinski definition) is 3. The van der Waals surface area contributed by atoms with Crippen molar-refractivity contribution >= 4 is 11.6 Å². The third-order valence-corrected chi connectivity index (χ3v) is 2.84. The number of benzene rings is 1. The van der Waals surface area contributed by atoms with Crippen molar-refractivity contribution in [1.29, 1.82) is 0 Å². The van der Waals surface area contributed by atoms with E-state index in [4.69, 9.17) is 0 Å². The summed E-state index contributed by atoms with van der Waals surface area (Å²) >= 11 is 0. The molecule has 0 aliphatic rings. The van der Waals surface area contributed by atoms with Crippen molar-refractivity contribution in [2.75, 3.05) is 5.06 Å². The van der Waals surface area contributed by atoms with Gasteiger partial charge in [0.05, 0.1) is 11.9 Å². The van der Waals surface area contributed by atoms with Crippen LogP contribution in [-0.2, 0) is 4.79 Å². The van der Waals surface area contributed by atoms with Crippen molar-refractivity contribution in [1.82, 2.24) is 4.98 Å². The van der Waals surface area contributed by atoms with Crippen LogP contribution in [0.4, 0.5) is 14.5 Å². The maximum Gasteiger partial charge on any atom is 0.247 e. The number of halogens is 2. The predicted molar refractivity (Wildman–Crippen MR) is 69.3 cm³/mol. The minimum atomic E-state index is -0.737. The number of pyridine rings is 1. The lowest BCUT2D eigenvalue weighted by Crippen LogP contribution is -2.23. The molecule has 0 bridgehead atoms. The fraction of sp³-hybridized carbons (Fsp3) is 0.143. The summed E-state index contributed by atoms with van der Waals surface area (Å²) in [6.45, 7) is 2.83. The molecule has 2 rings (SSSR count). The standard InChI is InChI=1S/C14H12F2N2O2/c1-8-13(12-4-3-10(15)5-14(12)16)6-11(7-17-8)18(20)9(2)19/h3-7,20H,1-2H3. The largest absolute Gasteiger partial charge is 0.281 e. The molecule has 4 nitrogen and oxygen atoms in total. The summed E-state index contributed by atoms with van der Waals surface area (Å²) in [5, 5.41) is 9.98. The van der Waals surface area contributed by atoms with Crippen molar-refractivity contribution in [3.05, 3.63) is 47.8 Å². The quantitative estimate of drug-likeness (QED) is 0.678. The Morgan fingerprint density at radius 2 is 1.95 bits per heavy atom. The normalized spacial score (nSPS) is 10.4. The third kappa shape index (κ3) is 2.65. The monoisotopic (exact) mass is 278 g/mol. The lowest BCUT2D eigenvalue weighted by atomic mass is 10.0. The summed E-state index contributed by atoms with van der Waals surface area (Å²) in [6.07, 6.45) is 1.29. The molecule has 1 aromatic heterocycles. The fourth-order valence-electron chi connectivity index (χ4n) is 1.80. The Morgan fingerprint density at radius 1 is 1.25 bits per heavy atom. The summed E-state index contributed by atoms with van der Waals surface area (Å²) in [4.78, 5) is 15.1. The Hall–Kier alpha value is -2.34. The van der Waals surface area contributed by atoms with Gasteiger partial charge in [-0.1, -0.05) is 0 Å². The predicted octanol–water partition coefficient (Wildman–Crippen LogP) is 3.08. The van der Waals surface area contributed by atoms with Gasteiger partial charge in [-0.25, -0.2) is 8.78 Å². The zero-order valence-electron chi connectivity index (χ0n) is 10.9. The summed E-state index contributed by atoms with van der Waals surface area (Å²) in [5.74, 6) is -2.01. The molecule has 0 unspecified atom stereocenters. The molecule has 20 heavy (non-hydrogen) atoms. The van der Waals surface area contributed by atoms with Gasteiger partial charge < -0.3 is 0 Å². The smallest absolute Gasteiger partial charge is 0.247 e. The van der Waals surface area contributed by atoms with Gasteiger partial charge in [-0.05, 0) is 25.1 Å². The summed E-state index contributed by atoms with van der Waals surface area (Å²) < 4.78 is 26.7. The van der Waals surface area contributed by atoms with Crippen LogP contribution in [0, 0.1) is 18.6 Å². The Balaban J connectivity index is 2.56. The second kappa shape index (κ2) is 5.34. The molecule has 0 radical (unpaired) electrons. The van der Waals surface area contributed by atoms with E-state index in [1.165, 1.54) is 25.3 Å². The van der Waals surface area contributed by atoms with E-state index in [0.29, 0.717) is 16.3 Å². The van der Waals surface area contributed by atoms with E-state index in [1.54, 1.807) is 6.92 Å². The highest BCUT2D eigenvalue weighted by Gasteiger charge is 2.14. The highest BCUT2D eigenvalue weighted by Crippen LogP contribution is 2.28. The molecule has 0 spiro atoms. The second-order valence-corrected chi connectivity index (χ2v) is 4.28. The van der Waals surface area contributed by atoms with Crippen LogP contribution in [0.2, 0.25) is 0 Å². The average Bonchev–Trinajstić information content (AvgIpc) is 2.39. The van der Waals surface area contributed by atoms with Crippen molar-refractivity contribution in [2.45, 2.75) is 13.8 Å². The van der Waals surface area contributed by atoms with Crippen molar-refractivity contribution in [3.8, 4) is 11.1 Å². The number of aromatic nitrogens is 1. The topological polar surface area (TPSA) is 53.4 Å². The van der Waals surface area contributed by atoms with Crippen LogP contribution in [0.5, 0.6) is 0 Å². The fourth-order valence-corrected chi connectivity index (χ4v) is 1.80. The Morgan fingerprint density at radius 3 is 2.55 bits per heavy atom. The van der Waals surface area contributed by atoms with Crippen molar-refractivity contribution in [2.24, 2.45) is 0 Å². The van der Waals surface area contributed by atoms with E-state index in [2.05, 4.69) is 4.98 Å². The lowest BCUT2D eigenvalue weighted by molar-refractivity contribution is -0.121.